The first-order chi connectivity index (χ1) is 7.88. The van der Waals surface area contributed by atoms with E-state index in [1.54, 1.807) is 13.3 Å². The van der Waals surface area contributed by atoms with E-state index in [4.69, 9.17) is 14.2 Å². The second-order valence-corrected chi connectivity index (χ2v) is 3.57. The van der Waals surface area contributed by atoms with Gasteiger partial charge < -0.3 is 19.5 Å². The largest absolute Gasteiger partial charge is 0.481 e. The van der Waals surface area contributed by atoms with Gasteiger partial charge in [-0.15, -0.1) is 0 Å². The van der Waals surface area contributed by atoms with Gasteiger partial charge in [0.2, 0.25) is 5.88 Å². The van der Waals surface area contributed by atoms with E-state index >= 15 is 0 Å². The summed E-state index contributed by atoms with van der Waals surface area (Å²) in [6.45, 7) is 1.94. The van der Waals surface area contributed by atoms with Crippen LogP contribution in [0.1, 0.15) is 6.42 Å². The molecule has 1 N–H and O–H groups in total. The molecule has 88 valence electrons. The number of hydrogen-bond donors (Lipinski definition) is 1. The Morgan fingerprint density at radius 2 is 2.50 bits per heavy atom. The van der Waals surface area contributed by atoms with Crippen LogP contribution in [0.2, 0.25) is 0 Å². The minimum atomic E-state index is 0.218. The van der Waals surface area contributed by atoms with Gasteiger partial charge in [-0.3, -0.25) is 0 Å². The maximum Gasteiger partial charge on any atom is 0.213 e. The molecule has 1 unspecified atom stereocenters. The molecule has 0 radical (unpaired) electrons. The normalized spacial score (nSPS) is 20.4. The minimum Gasteiger partial charge on any atom is -0.481 e. The maximum absolute atomic E-state index is 5.41. The average Bonchev–Trinajstić information content (AvgIpc) is 2.38. The van der Waals surface area contributed by atoms with Gasteiger partial charge in [0.25, 0.3) is 0 Å². The summed E-state index contributed by atoms with van der Waals surface area (Å²) in [7, 11) is 1.60. The van der Waals surface area contributed by atoms with Gasteiger partial charge in [0, 0.05) is 12.6 Å². The van der Waals surface area contributed by atoms with Crippen molar-refractivity contribution in [3.05, 3.63) is 18.3 Å². The Kier molecular flexibility index (Phi) is 3.96. The van der Waals surface area contributed by atoms with Crippen LogP contribution in [0.4, 0.5) is 5.69 Å². The van der Waals surface area contributed by atoms with Crippen LogP contribution in [0.3, 0.4) is 0 Å². The smallest absolute Gasteiger partial charge is 0.213 e. The topological polar surface area (TPSA) is 52.6 Å². The molecule has 5 nitrogen and oxygen atoms in total. The average molecular weight is 224 g/mol. The molecule has 1 saturated heterocycles. The van der Waals surface area contributed by atoms with Crippen molar-refractivity contribution in [2.24, 2.45) is 0 Å². The van der Waals surface area contributed by atoms with Crippen LogP contribution in [0.25, 0.3) is 0 Å². The van der Waals surface area contributed by atoms with Crippen LogP contribution in [0, 0.1) is 0 Å². The van der Waals surface area contributed by atoms with Crippen LogP contribution in [0.15, 0.2) is 18.3 Å². The lowest BCUT2D eigenvalue weighted by molar-refractivity contribution is -0.133. The van der Waals surface area contributed by atoms with Gasteiger partial charge >= 0.3 is 0 Å². The van der Waals surface area contributed by atoms with Gasteiger partial charge in [-0.1, -0.05) is 0 Å². The number of nitrogens with zero attached hydrogens (tertiary/aromatic N) is 1. The van der Waals surface area contributed by atoms with E-state index < -0.39 is 0 Å². The van der Waals surface area contributed by atoms with Crippen molar-refractivity contribution in [1.82, 2.24) is 4.98 Å². The zero-order chi connectivity index (χ0) is 11.2. The Morgan fingerprint density at radius 1 is 1.56 bits per heavy atom. The van der Waals surface area contributed by atoms with Gasteiger partial charge in [-0.25, -0.2) is 4.98 Å². The number of aromatic nitrogens is 1. The van der Waals surface area contributed by atoms with Crippen LogP contribution in [-0.4, -0.2) is 38.1 Å². The molecule has 0 aromatic carbocycles. The fourth-order valence-electron chi connectivity index (χ4n) is 1.50. The zero-order valence-electron chi connectivity index (χ0n) is 9.31. The molecule has 1 aliphatic rings. The monoisotopic (exact) mass is 224 g/mol. The number of pyridine rings is 1. The number of methoxy groups -OCH3 is 1. The highest BCUT2D eigenvalue weighted by Gasteiger charge is 2.13. The highest BCUT2D eigenvalue weighted by molar-refractivity contribution is 5.42. The van der Waals surface area contributed by atoms with E-state index in [-0.39, 0.29) is 6.10 Å². The van der Waals surface area contributed by atoms with E-state index in [9.17, 15) is 0 Å². The number of hydrogen-bond acceptors (Lipinski definition) is 5. The maximum atomic E-state index is 5.41. The molecular formula is C11H16N2O3. The number of rotatable bonds is 4. The standard InChI is InChI=1S/C11H16N2O3/c1-14-11-3-2-9(6-13-11)12-7-10-4-5-15-8-16-10/h2-3,6,10,12H,4-5,7-8H2,1H3. The number of anilines is 1. The minimum absolute atomic E-state index is 0.218. The third-order valence-corrected chi connectivity index (χ3v) is 2.45. The summed E-state index contributed by atoms with van der Waals surface area (Å²) in [4.78, 5) is 4.11. The van der Waals surface area contributed by atoms with E-state index in [0.29, 0.717) is 12.7 Å². The first-order valence-electron chi connectivity index (χ1n) is 5.32. The number of nitrogens with one attached hydrogen (secondary N) is 1. The molecule has 1 aromatic heterocycles. The molecule has 5 heteroatoms. The van der Waals surface area contributed by atoms with Crippen molar-refractivity contribution in [3.8, 4) is 5.88 Å². The summed E-state index contributed by atoms with van der Waals surface area (Å²) in [6, 6.07) is 3.76. The van der Waals surface area contributed by atoms with Crippen molar-refractivity contribution >= 4 is 5.69 Å². The van der Waals surface area contributed by atoms with E-state index in [1.807, 2.05) is 12.1 Å². The first-order valence-corrected chi connectivity index (χ1v) is 5.32. The van der Waals surface area contributed by atoms with Gasteiger partial charge in [0.15, 0.2) is 0 Å². The summed E-state index contributed by atoms with van der Waals surface area (Å²) >= 11 is 0. The van der Waals surface area contributed by atoms with Crippen molar-refractivity contribution in [3.63, 3.8) is 0 Å². The van der Waals surface area contributed by atoms with Crippen LogP contribution < -0.4 is 10.1 Å². The first kappa shape index (κ1) is 11.2. The molecule has 0 aliphatic carbocycles. The summed E-state index contributed by atoms with van der Waals surface area (Å²) in [5.41, 5.74) is 0.968. The Bertz CT molecular complexity index is 310. The fraction of sp³-hybridized carbons (Fsp3) is 0.545. The summed E-state index contributed by atoms with van der Waals surface area (Å²) in [5, 5.41) is 3.27. The highest BCUT2D eigenvalue weighted by Crippen LogP contribution is 2.12. The van der Waals surface area contributed by atoms with Crippen LogP contribution >= 0.6 is 0 Å². The molecule has 0 bridgehead atoms. The van der Waals surface area contributed by atoms with Crippen LogP contribution in [-0.2, 0) is 9.47 Å². The lowest BCUT2D eigenvalue weighted by atomic mass is 10.2. The molecule has 0 spiro atoms. The Morgan fingerprint density at radius 3 is 3.12 bits per heavy atom. The van der Waals surface area contributed by atoms with Crippen molar-refractivity contribution in [1.29, 1.82) is 0 Å². The summed E-state index contributed by atoms with van der Waals surface area (Å²) in [6.07, 6.45) is 2.89. The molecule has 1 fully saturated rings. The van der Waals surface area contributed by atoms with E-state index in [2.05, 4.69) is 10.3 Å². The van der Waals surface area contributed by atoms with E-state index in [1.165, 1.54) is 0 Å². The fourth-order valence-corrected chi connectivity index (χ4v) is 1.50. The third-order valence-electron chi connectivity index (χ3n) is 2.45. The van der Waals surface area contributed by atoms with Crippen molar-refractivity contribution in [2.45, 2.75) is 12.5 Å². The molecule has 0 saturated carbocycles. The highest BCUT2D eigenvalue weighted by atomic mass is 16.7. The molecule has 1 atom stereocenters. The second-order valence-electron chi connectivity index (χ2n) is 3.57. The van der Waals surface area contributed by atoms with E-state index in [0.717, 1.165) is 25.3 Å². The van der Waals surface area contributed by atoms with Crippen molar-refractivity contribution < 1.29 is 14.2 Å². The molecule has 1 aromatic rings. The SMILES string of the molecule is COc1ccc(NCC2CCOCO2)cn1. The lowest BCUT2D eigenvalue weighted by Gasteiger charge is -2.23. The molecule has 2 heterocycles. The Hall–Kier alpha value is -1.33. The summed E-state index contributed by atoms with van der Waals surface area (Å²) < 4.78 is 15.5. The lowest BCUT2D eigenvalue weighted by Crippen LogP contribution is -2.30. The zero-order valence-corrected chi connectivity index (χ0v) is 9.31. The molecule has 2 rings (SSSR count). The molecular weight excluding hydrogens is 208 g/mol. The quantitative estimate of drug-likeness (QED) is 0.834. The molecule has 1 aliphatic heterocycles. The van der Waals surface area contributed by atoms with Gasteiger partial charge in [-0.05, 0) is 12.5 Å². The predicted octanol–water partition coefficient (Wildman–Crippen LogP) is 1.27. The second kappa shape index (κ2) is 5.67. The van der Waals surface area contributed by atoms with Gasteiger partial charge in [-0.2, -0.15) is 0 Å². The van der Waals surface area contributed by atoms with Crippen molar-refractivity contribution in [2.75, 3.05) is 32.4 Å². The Labute approximate surface area is 94.7 Å². The number of ether oxygens (including phenoxy) is 3. The van der Waals surface area contributed by atoms with Crippen LogP contribution in [0.5, 0.6) is 5.88 Å². The molecule has 16 heavy (non-hydrogen) atoms. The Balaban J connectivity index is 1.79. The summed E-state index contributed by atoms with van der Waals surface area (Å²) in [5.74, 6) is 0.618. The molecule has 0 amide bonds. The van der Waals surface area contributed by atoms with Gasteiger partial charge in [0.1, 0.15) is 6.79 Å². The van der Waals surface area contributed by atoms with Gasteiger partial charge in [0.05, 0.1) is 31.7 Å². The third kappa shape index (κ3) is 3.08. The predicted molar refractivity (Wildman–Crippen MR) is 59.6 cm³/mol.